The molecule has 1 aliphatic carbocycles. The number of nitrogens with one attached hydrogen (secondary N) is 1. The van der Waals surface area contributed by atoms with Gasteiger partial charge in [0.1, 0.15) is 16.5 Å². The zero-order chi connectivity index (χ0) is 21.2. The van der Waals surface area contributed by atoms with Gasteiger partial charge in [0.25, 0.3) is 5.91 Å². The Morgan fingerprint density at radius 2 is 1.93 bits per heavy atom. The number of hydrogen-bond acceptors (Lipinski definition) is 4. The van der Waals surface area contributed by atoms with Crippen molar-refractivity contribution in [2.75, 3.05) is 20.2 Å². The van der Waals surface area contributed by atoms with Gasteiger partial charge in [0, 0.05) is 18.7 Å². The van der Waals surface area contributed by atoms with Crippen molar-refractivity contribution in [2.45, 2.75) is 37.6 Å². The average Bonchev–Trinajstić information content (AvgIpc) is 3.09. The van der Waals surface area contributed by atoms with Gasteiger partial charge in [-0.3, -0.25) is 4.79 Å². The van der Waals surface area contributed by atoms with Gasteiger partial charge in [-0.2, -0.15) is 4.31 Å². The second-order valence-corrected chi connectivity index (χ2v) is 8.77. The number of sulfonamides is 1. The summed E-state index contributed by atoms with van der Waals surface area (Å²) in [5, 5.41) is 2.93. The van der Waals surface area contributed by atoms with Crippen LogP contribution in [0.5, 0.6) is 5.75 Å². The van der Waals surface area contributed by atoms with E-state index in [4.69, 9.17) is 4.74 Å². The number of hydrogen-bond donors (Lipinski definition) is 1. The Morgan fingerprint density at radius 1 is 1.21 bits per heavy atom. The molecule has 2 aromatic rings. The van der Waals surface area contributed by atoms with E-state index in [1.54, 1.807) is 19.9 Å². The van der Waals surface area contributed by atoms with Gasteiger partial charge in [-0.1, -0.05) is 19.9 Å². The third-order valence-electron chi connectivity index (χ3n) is 5.24. The number of ether oxygens (including phenoxy) is 1. The molecule has 2 aromatic carbocycles. The van der Waals surface area contributed by atoms with Crippen LogP contribution in [0.2, 0.25) is 0 Å². The number of carbonyl (C=O) groups excluding carboxylic acids is 1. The first-order valence-electron chi connectivity index (χ1n) is 9.59. The highest BCUT2D eigenvalue weighted by Gasteiger charge is 2.28. The summed E-state index contributed by atoms with van der Waals surface area (Å²) in [5.41, 5.74) is 2.01. The zero-order valence-corrected chi connectivity index (χ0v) is 17.6. The quantitative estimate of drug-likeness (QED) is 0.746. The minimum absolute atomic E-state index is 0.0368. The highest BCUT2D eigenvalue weighted by molar-refractivity contribution is 7.89. The van der Waals surface area contributed by atoms with Crippen molar-refractivity contribution in [3.8, 4) is 5.75 Å². The first-order chi connectivity index (χ1) is 13.8. The molecule has 1 aliphatic rings. The normalized spacial score (nSPS) is 16.0. The van der Waals surface area contributed by atoms with E-state index < -0.39 is 10.0 Å². The molecule has 29 heavy (non-hydrogen) atoms. The summed E-state index contributed by atoms with van der Waals surface area (Å²) in [4.78, 5) is 12.8. The summed E-state index contributed by atoms with van der Waals surface area (Å²) >= 11 is 0. The number of halogens is 1. The summed E-state index contributed by atoms with van der Waals surface area (Å²) in [7, 11) is -2.40. The largest absolute Gasteiger partial charge is 0.495 e. The molecule has 0 heterocycles. The van der Waals surface area contributed by atoms with Gasteiger partial charge in [-0.15, -0.1) is 0 Å². The number of benzene rings is 2. The zero-order valence-electron chi connectivity index (χ0n) is 16.7. The molecular weight excluding hydrogens is 395 g/mol. The second-order valence-electron chi connectivity index (χ2n) is 6.86. The predicted molar refractivity (Wildman–Crippen MR) is 108 cm³/mol. The smallest absolute Gasteiger partial charge is 0.251 e. The van der Waals surface area contributed by atoms with Gasteiger partial charge >= 0.3 is 0 Å². The summed E-state index contributed by atoms with van der Waals surface area (Å²) in [6, 6.07) is 8.70. The molecule has 0 fully saturated rings. The molecule has 1 amide bonds. The van der Waals surface area contributed by atoms with Crippen LogP contribution in [-0.2, 0) is 16.4 Å². The minimum Gasteiger partial charge on any atom is -0.495 e. The maximum Gasteiger partial charge on any atom is 0.251 e. The van der Waals surface area contributed by atoms with Crippen molar-refractivity contribution < 1.29 is 22.3 Å². The van der Waals surface area contributed by atoms with Crippen molar-refractivity contribution >= 4 is 15.9 Å². The van der Waals surface area contributed by atoms with Crippen LogP contribution in [0.15, 0.2) is 41.3 Å². The molecule has 156 valence electrons. The Morgan fingerprint density at radius 3 is 2.59 bits per heavy atom. The number of carbonyl (C=O) groups is 1. The lowest BCUT2D eigenvalue weighted by Crippen LogP contribution is -2.31. The molecule has 0 aliphatic heterocycles. The van der Waals surface area contributed by atoms with E-state index >= 15 is 0 Å². The van der Waals surface area contributed by atoms with Gasteiger partial charge < -0.3 is 10.1 Å². The molecule has 1 unspecified atom stereocenters. The van der Waals surface area contributed by atoms with E-state index in [1.807, 2.05) is 0 Å². The summed E-state index contributed by atoms with van der Waals surface area (Å²) in [6.45, 7) is 4.14. The molecule has 0 saturated heterocycles. The van der Waals surface area contributed by atoms with E-state index in [-0.39, 0.29) is 34.0 Å². The van der Waals surface area contributed by atoms with Crippen molar-refractivity contribution in [3.05, 3.63) is 58.9 Å². The number of rotatable bonds is 7. The molecule has 0 radical (unpaired) electrons. The standard InChI is InChI=1S/C21H25FN2O4S/c1-4-24(5-2)29(26,27)20-13-15(7-11-19(20)28-3)21(25)23-18-10-6-14-12-16(22)8-9-17(14)18/h7-9,11-13,18H,4-6,10H2,1-3H3,(H,23,25). The van der Waals surface area contributed by atoms with Crippen LogP contribution in [0.25, 0.3) is 0 Å². The van der Waals surface area contributed by atoms with Gasteiger partial charge in [0.05, 0.1) is 13.2 Å². The van der Waals surface area contributed by atoms with Crippen LogP contribution in [0.1, 0.15) is 47.8 Å². The Hall–Kier alpha value is -2.45. The predicted octanol–water partition coefficient (Wildman–Crippen LogP) is 3.28. The molecule has 8 heteroatoms. The number of amides is 1. The van der Waals surface area contributed by atoms with Crippen LogP contribution in [-0.4, -0.2) is 38.8 Å². The molecule has 6 nitrogen and oxygen atoms in total. The van der Waals surface area contributed by atoms with Crippen molar-refractivity contribution in [1.82, 2.24) is 9.62 Å². The minimum atomic E-state index is -3.79. The number of methoxy groups -OCH3 is 1. The fourth-order valence-corrected chi connectivity index (χ4v) is 5.34. The van der Waals surface area contributed by atoms with Gasteiger partial charge in [-0.05, 0) is 54.3 Å². The fourth-order valence-electron chi connectivity index (χ4n) is 3.70. The molecule has 0 spiro atoms. The van der Waals surface area contributed by atoms with Crippen molar-refractivity contribution in [3.63, 3.8) is 0 Å². The van der Waals surface area contributed by atoms with Crippen LogP contribution in [0.4, 0.5) is 4.39 Å². The van der Waals surface area contributed by atoms with E-state index in [1.165, 1.54) is 41.7 Å². The summed E-state index contributed by atoms with van der Waals surface area (Å²) in [5.74, 6) is -0.488. The van der Waals surface area contributed by atoms with Crippen LogP contribution in [0, 0.1) is 5.82 Å². The molecule has 0 aromatic heterocycles. The van der Waals surface area contributed by atoms with Gasteiger partial charge in [-0.25, -0.2) is 12.8 Å². The monoisotopic (exact) mass is 420 g/mol. The van der Waals surface area contributed by atoms with Gasteiger partial charge in [0.2, 0.25) is 10.0 Å². The lowest BCUT2D eigenvalue weighted by atomic mass is 10.1. The Labute approximate surface area is 170 Å². The lowest BCUT2D eigenvalue weighted by Gasteiger charge is -2.21. The maximum absolute atomic E-state index is 13.4. The SMILES string of the molecule is CCN(CC)S(=O)(=O)c1cc(C(=O)NC2CCc3cc(F)ccc32)ccc1OC. The second kappa shape index (κ2) is 8.51. The molecule has 3 rings (SSSR count). The van der Waals surface area contributed by atoms with Crippen LogP contribution < -0.4 is 10.1 Å². The highest BCUT2D eigenvalue weighted by Crippen LogP contribution is 2.32. The third kappa shape index (κ3) is 4.13. The Bertz CT molecular complexity index is 1020. The summed E-state index contributed by atoms with van der Waals surface area (Å²) < 4.78 is 45.9. The molecule has 0 saturated carbocycles. The Balaban J connectivity index is 1.90. The van der Waals surface area contributed by atoms with Crippen molar-refractivity contribution in [2.24, 2.45) is 0 Å². The van der Waals surface area contributed by atoms with E-state index in [2.05, 4.69) is 5.32 Å². The first-order valence-corrected chi connectivity index (χ1v) is 11.0. The van der Waals surface area contributed by atoms with Crippen molar-refractivity contribution in [1.29, 1.82) is 0 Å². The molecule has 1 atom stereocenters. The van der Waals surface area contributed by atoms with E-state index in [0.29, 0.717) is 25.9 Å². The lowest BCUT2D eigenvalue weighted by molar-refractivity contribution is 0.0936. The molecular formula is C21H25FN2O4S. The third-order valence-corrected chi connectivity index (χ3v) is 7.31. The fraction of sp³-hybridized carbons (Fsp3) is 0.381. The number of fused-ring (bicyclic) bond motifs is 1. The Kier molecular flexibility index (Phi) is 6.24. The van der Waals surface area contributed by atoms with Crippen LogP contribution >= 0.6 is 0 Å². The summed E-state index contributed by atoms with van der Waals surface area (Å²) in [6.07, 6.45) is 1.35. The number of nitrogens with zero attached hydrogens (tertiary/aromatic N) is 1. The van der Waals surface area contributed by atoms with Gasteiger partial charge in [0.15, 0.2) is 0 Å². The average molecular weight is 421 g/mol. The maximum atomic E-state index is 13.4. The van der Waals surface area contributed by atoms with E-state index in [0.717, 1.165) is 11.1 Å². The molecule has 1 N–H and O–H groups in total. The van der Waals surface area contributed by atoms with E-state index in [9.17, 15) is 17.6 Å². The van der Waals surface area contributed by atoms with Crippen LogP contribution in [0.3, 0.4) is 0 Å². The molecule has 0 bridgehead atoms. The highest BCUT2D eigenvalue weighted by atomic mass is 32.2. The topological polar surface area (TPSA) is 75.7 Å². The first kappa shape index (κ1) is 21.3. The number of aryl methyl sites for hydroxylation is 1.